The van der Waals surface area contributed by atoms with Crippen LogP contribution in [0, 0.1) is 4.78 Å². The molecule has 1 unspecified atom stereocenters. The Morgan fingerprint density at radius 1 is 1.35 bits per heavy atom. The standard InChI is InChI=1S/C19H22ClF2N5O3S/c1-30-18-14(20)11-13(16(26-18)27-8-3-5-19(21,22)6-9-27)17(28)25-12-4-7-24-15(10-12)31(2,23)29/h4,7,10-11,23H,3,5-6,8-9H2,1-2H3,(H,24,25,28). The largest absolute Gasteiger partial charge is 0.480 e. The van der Waals surface area contributed by atoms with E-state index in [-0.39, 0.29) is 58.8 Å². The Kier molecular flexibility index (Phi) is 6.65. The van der Waals surface area contributed by atoms with Crippen molar-refractivity contribution in [3.63, 3.8) is 0 Å². The minimum Gasteiger partial charge on any atom is -0.480 e. The van der Waals surface area contributed by atoms with Gasteiger partial charge in [0.25, 0.3) is 5.91 Å². The summed E-state index contributed by atoms with van der Waals surface area (Å²) in [4.78, 5) is 22.9. The molecule has 0 bridgehead atoms. The molecule has 0 saturated carbocycles. The summed E-state index contributed by atoms with van der Waals surface area (Å²) < 4.78 is 52.4. The molecule has 1 aliphatic rings. The van der Waals surface area contributed by atoms with Crippen LogP contribution in [-0.4, -0.2) is 52.5 Å². The van der Waals surface area contributed by atoms with Crippen molar-refractivity contribution in [2.75, 3.05) is 36.7 Å². The highest BCUT2D eigenvalue weighted by atomic mass is 35.5. The van der Waals surface area contributed by atoms with Crippen molar-refractivity contribution in [1.29, 1.82) is 4.78 Å². The number of nitrogens with zero attached hydrogens (tertiary/aromatic N) is 3. The topological polar surface area (TPSA) is 108 Å². The molecule has 0 aliphatic carbocycles. The Bertz CT molecular complexity index is 1100. The molecule has 31 heavy (non-hydrogen) atoms. The summed E-state index contributed by atoms with van der Waals surface area (Å²) in [6.45, 7) is 0.311. The third kappa shape index (κ3) is 5.59. The van der Waals surface area contributed by atoms with Crippen LogP contribution in [-0.2, 0) is 9.73 Å². The molecule has 0 spiro atoms. The Balaban J connectivity index is 1.96. The molecule has 2 aromatic rings. The summed E-state index contributed by atoms with van der Waals surface area (Å²) in [5, 5.41) is 2.76. The normalized spacial score (nSPS) is 18.0. The van der Waals surface area contributed by atoms with Gasteiger partial charge in [-0.05, 0) is 24.6 Å². The van der Waals surface area contributed by atoms with E-state index in [1.807, 2.05) is 0 Å². The number of pyridine rings is 2. The van der Waals surface area contributed by atoms with E-state index in [4.69, 9.17) is 21.1 Å². The lowest BCUT2D eigenvalue weighted by Crippen LogP contribution is -2.29. The first-order valence-electron chi connectivity index (χ1n) is 9.39. The maximum absolute atomic E-state index is 13.8. The van der Waals surface area contributed by atoms with Gasteiger partial charge in [-0.2, -0.15) is 4.98 Å². The predicted octanol–water partition coefficient (Wildman–Crippen LogP) is 4.05. The van der Waals surface area contributed by atoms with E-state index in [1.54, 1.807) is 4.90 Å². The molecule has 0 aromatic carbocycles. The highest BCUT2D eigenvalue weighted by molar-refractivity contribution is 7.91. The molecule has 0 radical (unpaired) electrons. The number of hydrogen-bond donors (Lipinski definition) is 2. The minimum absolute atomic E-state index is 0.0151. The van der Waals surface area contributed by atoms with Crippen molar-refractivity contribution in [2.24, 2.45) is 0 Å². The molecule has 3 rings (SSSR count). The number of ether oxygens (including phenoxy) is 1. The summed E-state index contributed by atoms with van der Waals surface area (Å²) >= 11 is 6.17. The third-order valence-corrected chi connectivity index (χ3v) is 6.06. The number of amides is 1. The number of aromatic nitrogens is 2. The molecule has 3 heterocycles. The lowest BCUT2D eigenvalue weighted by atomic mass is 10.1. The van der Waals surface area contributed by atoms with Gasteiger partial charge in [0.05, 0.1) is 22.4 Å². The summed E-state index contributed by atoms with van der Waals surface area (Å²) in [5.74, 6) is -3.10. The van der Waals surface area contributed by atoms with Gasteiger partial charge in [-0.15, -0.1) is 0 Å². The van der Waals surface area contributed by atoms with Gasteiger partial charge in [0.15, 0.2) is 0 Å². The molecule has 12 heteroatoms. The highest BCUT2D eigenvalue weighted by Crippen LogP contribution is 2.34. The van der Waals surface area contributed by atoms with E-state index in [0.717, 1.165) is 0 Å². The molecule has 2 aromatic heterocycles. The zero-order valence-corrected chi connectivity index (χ0v) is 18.5. The monoisotopic (exact) mass is 473 g/mol. The Morgan fingerprint density at radius 3 is 2.77 bits per heavy atom. The smallest absolute Gasteiger partial charge is 0.259 e. The fourth-order valence-electron chi connectivity index (χ4n) is 3.19. The van der Waals surface area contributed by atoms with Crippen molar-refractivity contribution in [1.82, 2.24) is 9.97 Å². The molecule has 1 aliphatic heterocycles. The first-order valence-corrected chi connectivity index (χ1v) is 11.7. The van der Waals surface area contributed by atoms with Gasteiger partial charge in [-0.25, -0.2) is 22.8 Å². The molecule has 1 saturated heterocycles. The van der Waals surface area contributed by atoms with Gasteiger partial charge >= 0.3 is 0 Å². The SMILES string of the molecule is COc1nc(N2CCCC(F)(F)CC2)c(C(=O)Nc2ccnc(S(C)(=N)=O)c2)cc1Cl. The molecule has 2 N–H and O–H groups in total. The van der Waals surface area contributed by atoms with Gasteiger partial charge in [0, 0.05) is 44.1 Å². The van der Waals surface area contributed by atoms with E-state index in [9.17, 15) is 17.8 Å². The van der Waals surface area contributed by atoms with Crippen LogP contribution >= 0.6 is 11.6 Å². The molecule has 8 nitrogen and oxygen atoms in total. The van der Waals surface area contributed by atoms with Crippen LogP contribution < -0.4 is 15.0 Å². The second kappa shape index (κ2) is 8.91. The van der Waals surface area contributed by atoms with Crippen LogP contribution in [0.5, 0.6) is 5.88 Å². The Morgan fingerprint density at radius 2 is 2.10 bits per heavy atom. The van der Waals surface area contributed by atoms with Crippen LogP contribution in [0.2, 0.25) is 5.02 Å². The van der Waals surface area contributed by atoms with Crippen LogP contribution in [0.3, 0.4) is 0 Å². The summed E-state index contributed by atoms with van der Waals surface area (Å²) in [6, 6.07) is 4.20. The third-order valence-electron chi connectivity index (χ3n) is 4.77. The van der Waals surface area contributed by atoms with Crippen LogP contribution in [0.4, 0.5) is 20.3 Å². The van der Waals surface area contributed by atoms with E-state index in [0.29, 0.717) is 6.54 Å². The number of halogens is 3. The quantitative estimate of drug-likeness (QED) is 0.678. The van der Waals surface area contributed by atoms with Gasteiger partial charge in [-0.3, -0.25) is 4.79 Å². The van der Waals surface area contributed by atoms with Gasteiger partial charge in [0.1, 0.15) is 15.9 Å². The lowest BCUT2D eigenvalue weighted by molar-refractivity contribution is -0.0102. The molecular formula is C19H22ClF2N5O3S. The van der Waals surface area contributed by atoms with E-state index in [1.165, 1.54) is 37.8 Å². The minimum atomic E-state index is -3.07. The maximum Gasteiger partial charge on any atom is 0.259 e. The van der Waals surface area contributed by atoms with Crippen LogP contribution in [0.1, 0.15) is 29.6 Å². The van der Waals surface area contributed by atoms with Crippen LogP contribution in [0.15, 0.2) is 29.4 Å². The summed E-state index contributed by atoms with van der Waals surface area (Å²) in [6.07, 6.45) is 2.20. The number of carbonyl (C=O) groups is 1. The Hall–Kier alpha value is -2.53. The number of anilines is 2. The average Bonchev–Trinajstić information content (AvgIpc) is 2.88. The first-order chi connectivity index (χ1) is 14.5. The summed E-state index contributed by atoms with van der Waals surface area (Å²) in [7, 11) is -1.70. The molecular weight excluding hydrogens is 452 g/mol. The number of rotatable bonds is 5. The van der Waals surface area contributed by atoms with Crippen molar-refractivity contribution < 1.29 is 22.5 Å². The highest BCUT2D eigenvalue weighted by Gasteiger charge is 2.33. The number of carbonyl (C=O) groups excluding carboxylic acids is 1. The number of nitrogens with one attached hydrogen (secondary N) is 2. The van der Waals surface area contributed by atoms with Gasteiger partial charge < -0.3 is 15.0 Å². The van der Waals surface area contributed by atoms with Crippen molar-refractivity contribution in [2.45, 2.75) is 30.2 Å². The van der Waals surface area contributed by atoms with E-state index >= 15 is 0 Å². The predicted molar refractivity (Wildman–Crippen MR) is 114 cm³/mol. The zero-order valence-electron chi connectivity index (χ0n) is 17.0. The second-order valence-corrected chi connectivity index (χ2v) is 9.74. The van der Waals surface area contributed by atoms with E-state index < -0.39 is 21.6 Å². The second-order valence-electron chi connectivity index (χ2n) is 7.23. The molecule has 168 valence electrons. The fourth-order valence-corrected chi connectivity index (χ4v) is 4.03. The average molecular weight is 474 g/mol. The molecule has 1 atom stereocenters. The maximum atomic E-state index is 13.8. The van der Waals surface area contributed by atoms with Crippen molar-refractivity contribution in [3.05, 3.63) is 35.0 Å². The van der Waals surface area contributed by atoms with Crippen molar-refractivity contribution in [3.8, 4) is 5.88 Å². The zero-order chi connectivity index (χ0) is 22.8. The van der Waals surface area contributed by atoms with E-state index in [2.05, 4.69) is 15.3 Å². The number of alkyl halides is 2. The van der Waals surface area contributed by atoms with Crippen LogP contribution in [0.25, 0.3) is 0 Å². The first kappa shape index (κ1) is 23.1. The lowest BCUT2D eigenvalue weighted by Gasteiger charge is -2.24. The van der Waals surface area contributed by atoms with Gasteiger partial charge in [-0.1, -0.05) is 11.6 Å². The summed E-state index contributed by atoms with van der Waals surface area (Å²) in [5.41, 5.74) is 0.356. The van der Waals surface area contributed by atoms with Gasteiger partial charge in [0.2, 0.25) is 11.8 Å². The number of hydrogen-bond acceptors (Lipinski definition) is 7. The molecule has 1 amide bonds. The number of methoxy groups -OCH3 is 1. The molecule has 1 fully saturated rings. The van der Waals surface area contributed by atoms with Crippen molar-refractivity contribution >= 4 is 38.7 Å². The Labute approximate surface area is 183 Å². The fraction of sp³-hybridized carbons (Fsp3) is 0.421.